The zero-order chi connectivity index (χ0) is 17.7. The normalized spacial score (nSPS) is 12.6. The van der Waals surface area contributed by atoms with E-state index in [1.54, 1.807) is 21.9 Å². The van der Waals surface area contributed by atoms with Crippen molar-refractivity contribution in [3.8, 4) is 0 Å². The summed E-state index contributed by atoms with van der Waals surface area (Å²) >= 11 is 0. The van der Waals surface area contributed by atoms with Gasteiger partial charge in [0.15, 0.2) is 0 Å². The van der Waals surface area contributed by atoms with E-state index in [2.05, 4.69) is 18.9 Å². The lowest BCUT2D eigenvalue weighted by Crippen LogP contribution is -2.42. The first-order chi connectivity index (χ1) is 11.5. The van der Waals surface area contributed by atoms with Gasteiger partial charge >= 0.3 is 0 Å². The Labute approximate surface area is 143 Å². The second-order valence-corrected chi connectivity index (χ2v) is 6.18. The molecule has 0 aliphatic rings. The summed E-state index contributed by atoms with van der Waals surface area (Å²) in [5, 5.41) is 14.2. The van der Waals surface area contributed by atoms with Crippen LogP contribution in [0.4, 0.5) is 0 Å². The van der Waals surface area contributed by atoms with Gasteiger partial charge in [0.25, 0.3) is 5.91 Å². The maximum absolute atomic E-state index is 13.2. The van der Waals surface area contributed by atoms with E-state index in [4.69, 9.17) is 4.42 Å². The molecule has 0 spiro atoms. The summed E-state index contributed by atoms with van der Waals surface area (Å²) in [4.78, 5) is 14.8. The number of carbonyl (C=O) groups excluding carboxylic acids is 1. The lowest BCUT2D eigenvalue weighted by molar-refractivity contribution is 0.0532. The molecule has 2 aromatic heterocycles. The highest BCUT2D eigenvalue weighted by molar-refractivity contribution is 5.93. The third-order valence-corrected chi connectivity index (χ3v) is 4.20. The van der Waals surface area contributed by atoms with Gasteiger partial charge in [-0.1, -0.05) is 20.8 Å². The minimum absolute atomic E-state index is 0.0831. The summed E-state index contributed by atoms with van der Waals surface area (Å²) in [6, 6.07) is 5.23. The number of rotatable bonds is 8. The monoisotopic (exact) mass is 333 g/mol. The SMILES string of the molecule is CCC(CO)N(Cc1ccco1)C(=O)c1cc(C(C)C)nn1CC. The van der Waals surface area contributed by atoms with Crippen LogP contribution in [0.3, 0.4) is 0 Å². The van der Waals surface area contributed by atoms with Gasteiger partial charge in [-0.15, -0.1) is 0 Å². The maximum Gasteiger partial charge on any atom is 0.272 e. The number of carbonyl (C=O) groups is 1. The first-order valence-corrected chi connectivity index (χ1v) is 8.53. The van der Waals surface area contributed by atoms with Crippen LogP contribution in [-0.4, -0.2) is 38.3 Å². The third kappa shape index (κ3) is 3.87. The van der Waals surface area contributed by atoms with Crippen molar-refractivity contribution in [3.63, 3.8) is 0 Å². The van der Waals surface area contributed by atoms with Crippen molar-refractivity contribution in [1.29, 1.82) is 0 Å². The summed E-state index contributed by atoms with van der Waals surface area (Å²) in [7, 11) is 0. The number of amides is 1. The van der Waals surface area contributed by atoms with Crippen LogP contribution in [0.15, 0.2) is 28.9 Å². The van der Waals surface area contributed by atoms with E-state index in [9.17, 15) is 9.90 Å². The number of nitrogens with zero attached hydrogens (tertiary/aromatic N) is 3. The molecule has 1 amide bonds. The molecular weight excluding hydrogens is 306 g/mol. The van der Waals surface area contributed by atoms with Gasteiger partial charge in [0.2, 0.25) is 0 Å². The second-order valence-electron chi connectivity index (χ2n) is 6.18. The Morgan fingerprint density at radius 1 is 1.42 bits per heavy atom. The van der Waals surface area contributed by atoms with E-state index in [0.29, 0.717) is 31.0 Å². The molecule has 6 nitrogen and oxygen atoms in total. The fourth-order valence-electron chi connectivity index (χ4n) is 2.66. The summed E-state index contributed by atoms with van der Waals surface area (Å²) in [6.45, 7) is 8.91. The lowest BCUT2D eigenvalue weighted by Gasteiger charge is -2.29. The Kier molecular flexibility index (Phi) is 6.20. The summed E-state index contributed by atoms with van der Waals surface area (Å²) in [5.74, 6) is 0.818. The summed E-state index contributed by atoms with van der Waals surface area (Å²) < 4.78 is 7.12. The van der Waals surface area contributed by atoms with E-state index < -0.39 is 0 Å². The van der Waals surface area contributed by atoms with Gasteiger partial charge in [0.1, 0.15) is 11.5 Å². The second kappa shape index (κ2) is 8.15. The Balaban J connectivity index is 2.36. The van der Waals surface area contributed by atoms with Crippen molar-refractivity contribution in [2.75, 3.05) is 6.61 Å². The zero-order valence-electron chi connectivity index (χ0n) is 14.9. The first-order valence-electron chi connectivity index (χ1n) is 8.53. The van der Waals surface area contributed by atoms with Gasteiger partial charge in [-0.25, -0.2) is 0 Å². The smallest absolute Gasteiger partial charge is 0.272 e. The third-order valence-electron chi connectivity index (χ3n) is 4.20. The number of aliphatic hydroxyl groups is 1. The largest absolute Gasteiger partial charge is 0.467 e. The number of aromatic nitrogens is 2. The number of aliphatic hydroxyl groups excluding tert-OH is 1. The van der Waals surface area contributed by atoms with E-state index in [1.807, 2.05) is 26.0 Å². The van der Waals surface area contributed by atoms with Gasteiger partial charge in [0.05, 0.1) is 31.2 Å². The topological polar surface area (TPSA) is 71.5 Å². The Bertz CT molecular complexity index is 643. The molecule has 0 aliphatic carbocycles. The van der Waals surface area contributed by atoms with Crippen molar-refractivity contribution in [2.45, 2.75) is 59.2 Å². The van der Waals surface area contributed by atoms with Crippen LogP contribution in [0.1, 0.15) is 62.0 Å². The molecule has 2 rings (SSSR count). The minimum atomic E-state index is -0.259. The quantitative estimate of drug-likeness (QED) is 0.806. The van der Waals surface area contributed by atoms with Crippen molar-refractivity contribution < 1.29 is 14.3 Å². The molecule has 0 saturated heterocycles. The standard InChI is InChI=1S/C18H27N3O3/c1-5-14(12-22)20(11-15-8-7-9-24-15)18(23)17-10-16(13(3)4)19-21(17)6-2/h7-10,13-14,22H,5-6,11-12H2,1-4H3. The van der Waals surface area contributed by atoms with E-state index in [-0.39, 0.29) is 24.5 Å². The first kappa shape index (κ1) is 18.3. The molecule has 0 aliphatic heterocycles. The Morgan fingerprint density at radius 2 is 2.17 bits per heavy atom. The van der Waals surface area contributed by atoms with Gasteiger partial charge in [0, 0.05) is 6.54 Å². The van der Waals surface area contributed by atoms with Gasteiger partial charge in [-0.2, -0.15) is 5.10 Å². The molecule has 2 heterocycles. The van der Waals surface area contributed by atoms with Gasteiger partial charge < -0.3 is 14.4 Å². The summed E-state index contributed by atoms with van der Waals surface area (Å²) in [6.07, 6.45) is 2.26. The molecule has 0 radical (unpaired) electrons. The van der Waals surface area contributed by atoms with Crippen molar-refractivity contribution in [1.82, 2.24) is 14.7 Å². The van der Waals surface area contributed by atoms with Crippen LogP contribution in [0.5, 0.6) is 0 Å². The van der Waals surface area contributed by atoms with Crippen molar-refractivity contribution in [2.24, 2.45) is 0 Å². The molecule has 0 aromatic carbocycles. The van der Waals surface area contributed by atoms with E-state index in [0.717, 1.165) is 5.69 Å². The van der Waals surface area contributed by atoms with Crippen LogP contribution in [0, 0.1) is 0 Å². The van der Waals surface area contributed by atoms with Crippen molar-refractivity contribution in [3.05, 3.63) is 41.6 Å². The number of hydrogen-bond acceptors (Lipinski definition) is 4. The number of furan rings is 1. The van der Waals surface area contributed by atoms with Crippen LogP contribution in [0.25, 0.3) is 0 Å². The van der Waals surface area contributed by atoms with Crippen molar-refractivity contribution >= 4 is 5.91 Å². The van der Waals surface area contributed by atoms with Crippen LogP contribution < -0.4 is 0 Å². The lowest BCUT2D eigenvalue weighted by atomic mass is 10.1. The predicted molar refractivity (Wildman–Crippen MR) is 91.7 cm³/mol. The molecule has 1 unspecified atom stereocenters. The molecule has 24 heavy (non-hydrogen) atoms. The number of aryl methyl sites for hydroxylation is 1. The number of hydrogen-bond donors (Lipinski definition) is 1. The zero-order valence-corrected chi connectivity index (χ0v) is 14.9. The predicted octanol–water partition coefficient (Wildman–Crippen LogP) is 3.03. The van der Waals surface area contributed by atoms with Gasteiger partial charge in [-0.3, -0.25) is 9.48 Å². The molecule has 0 fully saturated rings. The molecule has 1 atom stereocenters. The molecule has 2 aromatic rings. The molecule has 0 bridgehead atoms. The fourth-order valence-corrected chi connectivity index (χ4v) is 2.66. The Hall–Kier alpha value is -2.08. The average Bonchev–Trinajstić information content (AvgIpc) is 3.23. The van der Waals surface area contributed by atoms with E-state index in [1.165, 1.54) is 0 Å². The van der Waals surface area contributed by atoms with E-state index >= 15 is 0 Å². The highest BCUT2D eigenvalue weighted by Crippen LogP contribution is 2.19. The average molecular weight is 333 g/mol. The van der Waals surface area contributed by atoms with Crippen LogP contribution >= 0.6 is 0 Å². The summed E-state index contributed by atoms with van der Waals surface area (Å²) in [5.41, 5.74) is 1.45. The molecule has 132 valence electrons. The minimum Gasteiger partial charge on any atom is -0.467 e. The molecule has 6 heteroatoms. The maximum atomic E-state index is 13.2. The van der Waals surface area contributed by atoms with Crippen LogP contribution in [-0.2, 0) is 13.1 Å². The molecule has 0 saturated carbocycles. The molecule has 1 N–H and O–H groups in total. The highest BCUT2D eigenvalue weighted by Gasteiger charge is 2.27. The molecular formula is C18H27N3O3. The highest BCUT2D eigenvalue weighted by atomic mass is 16.3. The van der Waals surface area contributed by atoms with Crippen LogP contribution in [0.2, 0.25) is 0 Å². The Morgan fingerprint density at radius 3 is 2.67 bits per heavy atom. The van der Waals surface area contributed by atoms with Gasteiger partial charge in [-0.05, 0) is 37.5 Å². The fraction of sp³-hybridized carbons (Fsp3) is 0.556.